The van der Waals surface area contributed by atoms with Gasteiger partial charge in [0.2, 0.25) is 0 Å². The van der Waals surface area contributed by atoms with Crippen LogP contribution in [-0.2, 0) is 5.54 Å². The predicted octanol–water partition coefficient (Wildman–Crippen LogP) is 2.93. The summed E-state index contributed by atoms with van der Waals surface area (Å²) in [4.78, 5) is 0. The minimum atomic E-state index is -0.972. The van der Waals surface area contributed by atoms with Crippen LogP contribution in [0.25, 0.3) is 0 Å². The van der Waals surface area contributed by atoms with Crippen molar-refractivity contribution in [2.75, 3.05) is 7.11 Å². The van der Waals surface area contributed by atoms with Crippen LogP contribution >= 0.6 is 15.9 Å². The molecule has 0 aliphatic carbocycles. The van der Waals surface area contributed by atoms with Gasteiger partial charge in [0, 0.05) is 11.1 Å². The van der Waals surface area contributed by atoms with Crippen LogP contribution in [0.5, 0.6) is 5.75 Å². The van der Waals surface area contributed by atoms with E-state index < -0.39 is 17.2 Å². The van der Waals surface area contributed by atoms with Gasteiger partial charge in [-0.25, -0.2) is 8.78 Å². The molecule has 2 N–H and O–H groups in total. The molecular weight excluding hydrogens is 268 g/mol. The molecule has 0 spiro atoms. The van der Waals surface area contributed by atoms with Gasteiger partial charge in [0.25, 0.3) is 0 Å². The fraction of sp³-hybridized carbons (Fsp3) is 0.400. The number of hydrogen-bond acceptors (Lipinski definition) is 2. The molecule has 1 aromatic rings. The Morgan fingerprint density at radius 2 is 1.93 bits per heavy atom. The maximum Gasteiger partial charge on any atom is 0.176 e. The Bertz CT molecular complexity index is 388. The Labute approximate surface area is 95.5 Å². The molecular formula is C10H12BrF2NO. The van der Waals surface area contributed by atoms with Gasteiger partial charge in [0.15, 0.2) is 11.6 Å². The van der Waals surface area contributed by atoms with Gasteiger partial charge in [-0.1, -0.05) is 0 Å². The molecule has 0 radical (unpaired) electrons. The Hall–Kier alpha value is -0.680. The van der Waals surface area contributed by atoms with Crippen molar-refractivity contribution in [1.29, 1.82) is 0 Å². The lowest BCUT2D eigenvalue weighted by molar-refractivity contribution is 0.381. The Balaban J connectivity index is 3.53. The number of nitrogens with two attached hydrogens (primary N) is 1. The number of benzene rings is 1. The molecule has 1 rings (SSSR count). The van der Waals surface area contributed by atoms with Crippen LogP contribution in [0.4, 0.5) is 8.78 Å². The minimum absolute atomic E-state index is 0.0430. The first-order valence-corrected chi connectivity index (χ1v) is 5.09. The van der Waals surface area contributed by atoms with Gasteiger partial charge in [0.05, 0.1) is 11.6 Å². The largest absolute Gasteiger partial charge is 0.495 e. The maximum atomic E-state index is 13.2. The molecule has 0 saturated carbocycles. The molecule has 15 heavy (non-hydrogen) atoms. The lowest BCUT2D eigenvalue weighted by atomic mass is 9.94. The summed E-state index contributed by atoms with van der Waals surface area (Å²) in [5, 5.41) is 0. The van der Waals surface area contributed by atoms with Crippen molar-refractivity contribution in [3.63, 3.8) is 0 Å². The van der Waals surface area contributed by atoms with E-state index in [1.54, 1.807) is 13.8 Å². The summed E-state index contributed by atoms with van der Waals surface area (Å²) in [6.07, 6.45) is 0. The van der Waals surface area contributed by atoms with Crippen molar-refractivity contribution < 1.29 is 13.5 Å². The fourth-order valence-electron chi connectivity index (χ4n) is 1.26. The molecule has 0 amide bonds. The third-order valence-corrected chi connectivity index (χ3v) is 2.72. The highest BCUT2D eigenvalue weighted by Crippen LogP contribution is 2.37. The molecule has 0 fully saturated rings. The topological polar surface area (TPSA) is 35.2 Å². The Morgan fingerprint density at radius 1 is 1.40 bits per heavy atom. The summed E-state index contributed by atoms with van der Waals surface area (Å²) in [6.45, 7) is 3.38. The molecule has 0 bridgehead atoms. The van der Waals surface area contributed by atoms with E-state index in [1.165, 1.54) is 7.11 Å². The second-order valence-corrected chi connectivity index (χ2v) is 4.58. The number of ether oxygens (including phenoxy) is 1. The third kappa shape index (κ3) is 2.29. The van der Waals surface area contributed by atoms with Gasteiger partial charge in [-0.3, -0.25) is 0 Å². The second-order valence-electron chi connectivity index (χ2n) is 3.79. The summed E-state index contributed by atoms with van der Waals surface area (Å²) in [5.41, 5.74) is 5.44. The molecule has 5 heteroatoms. The number of hydrogen-bond donors (Lipinski definition) is 1. The highest BCUT2D eigenvalue weighted by molar-refractivity contribution is 9.10. The Kier molecular flexibility index (Phi) is 3.35. The molecule has 0 saturated heterocycles. The van der Waals surface area contributed by atoms with Crippen LogP contribution in [0, 0.1) is 11.6 Å². The van der Waals surface area contributed by atoms with Crippen molar-refractivity contribution >= 4 is 15.9 Å². The van der Waals surface area contributed by atoms with Gasteiger partial charge >= 0.3 is 0 Å². The SMILES string of the molecule is COc1c(C(C)(C)N)cc(F)c(F)c1Br. The van der Waals surface area contributed by atoms with Crippen molar-refractivity contribution in [2.24, 2.45) is 5.73 Å². The Morgan fingerprint density at radius 3 is 2.33 bits per heavy atom. The average molecular weight is 280 g/mol. The van der Waals surface area contributed by atoms with Crippen molar-refractivity contribution in [1.82, 2.24) is 0 Å². The highest BCUT2D eigenvalue weighted by Gasteiger charge is 2.25. The third-order valence-electron chi connectivity index (χ3n) is 2.02. The molecule has 1 aromatic carbocycles. The van der Waals surface area contributed by atoms with Crippen molar-refractivity contribution in [2.45, 2.75) is 19.4 Å². The molecule has 0 unspecified atom stereocenters. The smallest absolute Gasteiger partial charge is 0.176 e. The second kappa shape index (κ2) is 4.06. The summed E-state index contributed by atoms with van der Waals surface area (Å²) in [7, 11) is 1.38. The van der Waals surface area contributed by atoms with Crippen LogP contribution in [0.3, 0.4) is 0 Å². The lowest BCUT2D eigenvalue weighted by Crippen LogP contribution is -2.29. The molecule has 0 aliphatic heterocycles. The van der Waals surface area contributed by atoms with E-state index in [1.807, 2.05) is 0 Å². The van der Waals surface area contributed by atoms with Crippen LogP contribution in [0.2, 0.25) is 0 Å². The quantitative estimate of drug-likeness (QED) is 0.845. The number of halogens is 3. The van der Waals surface area contributed by atoms with E-state index in [9.17, 15) is 8.78 Å². The number of methoxy groups -OCH3 is 1. The zero-order valence-corrected chi connectivity index (χ0v) is 10.3. The van der Waals surface area contributed by atoms with Gasteiger partial charge in [-0.15, -0.1) is 0 Å². The average Bonchev–Trinajstić information content (AvgIpc) is 2.12. The van der Waals surface area contributed by atoms with E-state index >= 15 is 0 Å². The first-order chi connectivity index (χ1) is 6.79. The molecule has 0 aliphatic rings. The van der Waals surface area contributed by atoms with E-state index in [-0.39, 0.29) is 10.2 Å². The van der Waals surface area contributed by atoms with E-state index in [0.29, 0.717) is 5.56 Å². The van der Waals surface area contributed by atoms with E-state index in [0.717, 1.165) is 6.07 Å². The van der Waals surface area contributed by atoms with E-state index in [2.05, 4.69) is 15.9 Å². The van der Waals surface area contributed by atoms with Crippen LogP contribution < -0.4 is 10.5 Å². The summed E-state index contributed by atoms with van der Waals surface area (Å²) in [5.74, 6) is -1.70. The van der Waals surface area contributed by atoms with E-state index in [4.69, 9.17) is 10.5 Å². The van der Waals surface area contributed by atoms with Crippen molar-refractivity contribution in [3.05, 3.63) is 27.7 Å². The van der Waals surface area contributed by atoms with Gasteiger partial charge in [-0.2, -0.15) is 0 Å². The zero-order chi connectivity index (χ0) is 11.8. The van der Waals surface area contributed by atoms with Crippen molar-refractivity contribution in [3.8, 4) is 5.75 Å². The standard InChI is InChI=1S/C10H12BrF2NO/c1-10(2,14)5-4-6(12)8(13)7(11)9(5)15-3/h4H,14H2,1-3H3. The monoisotopic (exact) mass is 279 g/mol. The first-order valence-electron chi connectivity index (χ1n) is 4.30. The zero-order valence-electron chi connectivity index (χ0n) is 8.70. The molecule has 0 heterocycles. The highest BCUT2D eigenvalue weighted by atomic mass is 79.9. The number of rotatable bonds is 2. The normalized spacial score (nSPS) is 11.7. The molecule has 0 atom stereocenters. The summed E-state index contributed by atoms with van der Waals surface area (Å²) < 4.78 is 31.3. The predicted molar refractivity (Wildman–Crippen MR) is 57.8 cm³/mol. The van der Waals surface area contributed by atoms with Crippen LogP contribution in [0.15, 0.2) is 10.5 Å². The van der Waals surface area contributed by atoms with Gasteiger partial charge < -0.3 is 10.5 Å². The van der Waals surface area contributed by atoms with Crippen LogP contribution in [-0.4, -0.2) is 7.11 Å². The van der Waals surface area contributed by atoms with Gasteiger partial charge in [-0.05, 0) is 35.8 Å². The minimum Gasteiger partial charge on any atom is -0.495 e. The maximum absolute atomic E-state index is 13.2. The first kappa shape index (κ1) is 12.4. The lowest BCUT2D eigenvalue weighted by Gasteiger charge is -2.23. The molecule has 0 aromatic heterocycles. The summed E-state index contributed by atoms with van der Waals surface area (Å²) >= 11 is 2.94. The fourth-order valence-corrected chi connectivity index (χ4v) is 1.82. The molecule has 2 nitrogen and oxygen atoms in total. The van der Waals surface area contributed by atoms with Gasteiger partial charge in [0.1, 0.15) is 5.75 Å². The van der Waals surface area contributed by atoms with Crippen LogP contribution in [0.1, 0.15) is 19.4 Å². The molecule has 84 valence electrons. The summed E-state index contributed by atoms with van der Waals surface area (Å²) in [6, 6.07) is 1.05.